The van der Waals surface area contributed by atoms with Crippen LogP contribution < -0.4 is 24.7 Å². The number of carbonyl (C=O) groups is 1. The van der Waals surface area contributed by atoms with Crippen molar-refractivity contribution in [1.82, 2.24) is 15.0 Å². The fourth-order valence-corrected chi connectivity index (χ4v) is 4.08. The van der Waals surface area contributed by atoms with Gasteiger partial charge in [-0.1, -0.05) is 0 Å². The Kier molecular flexibility index (Phi) is 6.73. The fourth-order valence-electron chi connectivity index (χ4n) is 4.08. The molecule has 0 atom stereocenters. The van der Waals surface area contributed by atoms with Gasteiger partial charge < -0.3 is 23.7 Å². The van der Waals surface area contributed by atoms with Crippen molar-refractivity contribution in [1.29, 1.82) is 0 Å². The summed E-state index contributed by atoms with van der Waals surface area (Å²) in [7, 11) is 1.50. The molecule has 5 rings (SSSR count). The van der Waals surface area contributed by atoms with Gasteiger partial charge in [-0.3, -0.25) is 0 Å². The lowest BCUT2D eigenvalue weighted by atomic mass is 10.2. The first-order valence-electron chi connectivity index (χ1n) is 11.7. The Balaban J connectivity index is 1.30. The lowest BCUT2D eigenvalue weighted by Crippen LogP contribution is -2.25. The van der Waals surface area contributed by atoms with Crippen LogP contribution in [-0.4, -0.2) is 60.4 Å². The minimum Gasteiger partial charge on any atom is -0.493 e. The van der Waals surface area contributed by atoms with E-state index in [1.54, 1.807) is 30.5 Å². The number of hydrogen-bond acceptors (Lipinski definition) is 11. The summed E-state index contributed by atoms with van der Waals surface area (Å²) in [6.07, 6.45) is 7.59. The molecule has 11 nitrogen and oxygen atoms in total. The molecule has 2 fully saturated rings. The van der Waals surface area contributed by atoms with Crippen molar-refractivity contribution >= 4 is 30.0 Å². The maximum atomic E-state index is 12.2. The number of aromatic nitrogens is 3. The van der Waals surface area contributed by atoms with E-state index in [9.17, 15) is 4.79 Å². The van der Waals surface area contributed by atoms with Crippen molar-refractivity contribution in [3.8, 4) is 11.5 Å². The second kappa shape index (κ2) is 10.4. The summed E-state index contributed by atoms with van der Waals surface area (Å²) >= 11 is 0. The van der Waals surface area contributed by atoms with Crippen molar-refractivity contribution in [2.24, 2.45) is 5.10 Å². The van der Waals surface area contributed by atoms with Crippen LogP contribution >= 0.6 is 0 Å². The van der Waals surface area contributed by atoms with Crippen LogP contribution in [0.2, 0.25) is 0 Å². The largest absolute Gasteiger partial charge is 0.493 e. The van der Waals surface area contributed by atoms with Gasteiger partial charge >= 0.3 is 5.97 Å². The average molecular weight is 478 g/mol. The highest BCUT2D eigenvalue weighted by Gasteiger charge is 2.21. The van der Waals surface area contributed by atoms with Crippen LogP contribution in [0.15, 0.2) is 46.1 Å². The second-order valence-electron chi connectivity index (χ2n) is 8.29. The van der Waals surface area contributed by atoms with Crippen LogP contribution in [-0.2, 0) is 0 Å². The third-order valence-corrected chi connectivity index (χ3v) is 5.88. The molecule has 35 heavy (non-hydrogen) atoms. The van der Waals surface area contributed by atoms with Crippen LogP contribution in [0.1, 0.15) is 41.8 Å². The topological polar surface area (TPSA) is 118 Å². The number of furan rings is 1. The minimum absolute atomic E-state index is 0.112. The van der Waals surface area contributed by atoms with Gasteiger partial charge in [0.05, 0.1) is 19.6 Å². The zero-order valence-corrected chi connectivity index (χ0v) is 19.5. The third kappa shape index (κ3) is 5.34. The molecule has 2 aliphatic heterocycles. The van der Waals surface area contributed by atoms with Gasteiger partial charge in [0.1, 0.15) is 0 Å². The molecule has 0 radical (unpaired) electrons. The van der Waals surface area contributed by atoms with E-state index in [1.807, 2.05) is 0 Å². The molecule has 2 aliphatic rings. The SMILES string of the molecule is COc1cc(/C=N\Nc2nc(N3CCCC3)nc(N3CCCC3)n2)ccc1OC(=O)c1ccco1. The van der Waals surface area contributed by atoms with E-state index >= 15 is 0 Å². The van der Waals surface area contributed by atoms with Crippen molar-refractivity contribution in [3.63, 3.8) is 0 Å². The summed E-state index contributed by atoms with van der Waals surface area (Å²) in [4.78, 5) is 30.4. The van der Waals surface area contributed by atoms with Crippen LogP contribution in [0.5, 0.6) is 11.5 Å². The Morgan fingerprint density at radius 3 is 2.29 bits per heavy atom. The van der Waals surface area contributed by atoms with E-state index in [4.69, 9.17) is 18.9 Å². The lowest BCUT2D eigenvalue weighted by molar-refractivity contribution is 0.0696. The Labute approximate surface area is 202 Å². The van der Waals surface area contributed by atoms with Gasteiger partial charge in [0, 0.05) is 26.2 Å². The van der Waals surface area contributed by atoms with Crippen molar-refractivity contribution in [2.45, 2.75) is 25.7 Å². The summed E-state index contributed by atoms with van der Waals surface area (Å²) in [6, 6.07) is 8.27. The Morgan fingerprint density at radius 2 is 1.69 bits per heavy atom. The predicted octanol–water partition coefficient (Wildman–Crippen LogP) is 3.34. The molecule has 0 aliphatic carbocycles. The summed E-state index contributed by atoms with van der Waals surface area (Å²) in [6.45, 7) is 3.79. The van der Waals surface area contributed by atoms with Crippen LogP contribution in [0.3, 0.4) is 0 Å². The zero-order valence-electron chi connectivity index (χ0n) is 19.5. The van der Waals surface area contributed by atoms with E-state index in [0.717, 1.165) is 57.4 Å². The average Bonchev–Trinajstić information content (AvgIpc) is 3.67. The quantitative estimate of drug-likeness (QED) is 0.224. The molecule has 11 heteroatoms. The van der Waals surface area contributed by atoms with E-state index in [0.29, 0.717) is 23.6 Å². The van der Waals surface area contributed by atoms with Gasteiger partial charge in [-0.15, -0.1) is 0 Å². The molecule has 0 spiro atoms. The van der Waals surface area contributed by atoms with Gasteiger partial charge in [-0.05, 0) is 61.6 Å². The maximum absolute atomic E-state index is 12.2. The molecule has 2 aromatic heterocycles. The molecular weight excluding hydrogens is 450 g/mol. The number of anilines is 3. The molecule has 2 saturated heterocycles. The highest BCUT2D eigenvalue weighted by atomic mass is 16.6. The second-order valence-corrected chi connectivity index (χ2v) is 8.29. The molecular formula is C24H27N7O4. The lowest BCUT2D eigenvalue weighted by Gasteiger charge is -2.20. The normalized spacial score (nSPS) is 15.7. The molecule has 0 saturated carbocycles. The van der Waals surface area contributed by atoms with E-state index in [-0.39, 0.29) is 11.5 Å². The Morgan fingerprint density at radius 1 is 1.00 bits per heavy atom. The van der Waals surface area contributed by atoms with Gasteiger partial charge in [0.2, 0.25) is 23.6 Å². The summed E-state index contributed by atoms with van der Waals surface area (Å²) in [5.74, 6) is 1.94. The highest BCUT2D eigenvalue weighted by molar-refractivity contribution is 5.89. The number of methoxy groups -OCH3 is 1. The van der Waals surface area contributed by atoms with Crippen LogP contribution in [0.25, 0.3) is 0 Å². The molecule has 0 bridgehead atoms. The number of hydrogen-bond donors (Lipinski definition) is 1. The summed E-state index contributed by atoms with van der Waals surface area (Å²) in [5, 5.41) is 4.31. The number of nitrogens with zero attached hydrogens (tertiary/aromatic N) is 6. The van der Waals surface area contributed by atoms with Crippen LogP contribution in [0.4, 0.5) is 17.8 Å². The van der Waals surface area contributed by atoms with Gasteiger partial charge in [0.15, 0.2) is 11.5 Å². The minimum atomic E-state index is -0.603. The molecule has 182 valence electrons. The Bertz CT molecular complexity index is 1150. The first-order valence-corrected chi connectivity index (χ1v) is 11.7. The Hall–Kier alpha value is -4.15. The van der Waals surface area contributed by atoms with Crippen LogP contribution in [0, 0.1) is 0 Å². The number of rotatable bonds is 8. The van der Waals surface area contributed by atoms with Crippen molar-refractivity contribution in [3.05, 3.63) is 47.9 Å². The molecule has 4 heterocycles. The van der Waals surface area contributed by atoms with Gasteiger partial charge in [-0.25, -0.2) is 10.2 Å². The van der Waals surface area contributed by atoms with Gasteiger partial charge in [0.25, 0.3) is 0 Å². The fraction of sp³-hybridized carbons (Fsp3) is 0.375. The number of hydrazone groups is 1. The molecule has 0 unspecified atom stereocenters. The smallest absolute Gasteiger partial charge is 0.379 e. The van der Waals surface area contributed by atoms with E-state index in [2.05, 4.69) is 30.3 Å². The third-order valence-electron chi connectivity index (χ3n) is 5.88. The summed E-state index contributed by atoms with van der Waals surface area (Å²) in [5.41, 5.74) is 3.68. The maximum Gasteiger partial charge on any atom is 0.379 e. The van der Waals surface area contributed by atoms with Crippen molar-refractivity contribution in [2.75, 3.05) is 48.5 Å². The summed E-state index contributed by atoms with van der Waals surface area (Å²) < 4.78 is 15.8. The monoisotopic (exact) mass is 477 g/mol. The zero-order chi connectivity index (χ0) is 24.0. The van der Waals surface area contributed by atoms with Crippen molar-refractivity contribution < 1.29 is 18.7 Å². The van der Waals surface area contributed by atoms with E-state index < -0.39 is 5.97 Å². The van der Waals surface area contributed by atoms with E-state index in [1.165, 1.54) is 19.4 Å². The molecule has 1 aromatic carbocycles. The molecule has 1 N–H and O–H groups in total. The number of nitrogens with one attached hydrogen (secondary N) is 1. The first kappa shape index (κ1) is 22.6. The number of esters is 1. The molecule has 0 amide bonds. The predicted molar refractivity (Wildman–Crippen MR) is 131 cm³/mol. The first-order chi connectivity index (χ1) is 17.2. The molecule has 3 aromatic rings. The highest BCUT2D eigenvalue weighted by Crippen LogP contribution is 2.28. The number of carbonyl (C=O) groups excluding carboxylic acids is 1. The number of benzene rings is 1. The number of ether oxygens (including phenoxy) is 2. The standard InChI is InChI=1S/C24H27N7O4/c1-33-20-15-17(8-9-18(20)35-21(32)19-7-6-14-34-19)16-25-29-22-26-23(30-10-2-3-11-30)28-24(27-22)31-12-4-5-13-31/h6-9,14-16H,2-5,10-13H2,1H3,(H,26,27,28,29)/b25-16-. The van der Waals surface area contributed by atoms with Gasteiger partial charge in [-0.2, -0.15) is 20.1 Å².